The van der Waals surface area contributed by atoms with Crippen molar-refractivity contribution in [2.24, 2.45) is 17.3 Å². The fourth-order valence-electron chi connectivity index (χ4n) is 8.85. The number of fused-ring (bicyclic) bond motifs is 2. The van der Waals surface area contributed by atoms with Gasteiger partial charge >= 0.3 is 5.97 Å². The van der Waals surface area contributed by atoms with Crippen molar-refractivity contribution in [2.45, 2.75) is 90.1 Å². The number of nitrogens with zero attached hydrogens (tertiary/aromatic N) is 4. The second-order valence-corrected chi connectivity index (χ2v) is 17.9. The molecule has 306 valence electrons. The number of aryl methyl sites for hydroxylation is 1. The van der Waals surface area contributed by atoms with E-state index in [0.717, 1.165) is 86.8 Å². The van der Waals surface area contributed by atoms with Crippen LogP contribution in [0.2, 0.25) is 0 Å². The zero-order valence-electron chi connectivity index (χ0n) is 34.1. The Morgan fingerprint density at radius 2 is 1.91 bits per heavy atom. The SMILES string of the molecule is CCn1c(-c2cccnc2[C@H](C)OC)c(CC(C)(C)CO)c2cc(-c3csc(C4(C(NCc5ccc(OC)cc5)C(=O)N5CC6CC6[C@@H](C(=O)O)N5)CC4)n3)ccc21. The summed E-state index contributed by atoms with van der Waals surface area (Å²) >= 11 is 1.57. The van der Waals surface area contributed by atoms with E-state index < -0.39 is 23.5 Å². The summed E-state index contributed by atoms with van der Waals surface area (Å²) in [6, 6.07) is 17.0. The molecule has 3 aliphatic rings. The second kappa shape index (κ2) is 15.8. The van der Waals surface area contributed by atoms with Gasteiger partial charge in [-0.05, 0) is 104 Å². The van der Waals surface area contributed by atoms with E-state index >= 15 is 0 Å². The minimum Gasteiger partial charge on any atom is -0.497 e. The minimum absolute atomic E-state index is 0.0361. The second-order valence-electron chi connectivity index (χ2n) is 17.0. The molecule has 3 unspecified atom stereocenters. The van der Waals surface area contributed by atoms with Gasteiger partial charge in [-0.2, -0.15) is 0 Å². The summed E-state index contributed by atoms with van der Waals surface area (Å²) in [6.45, 7) is 10.1. The first-order chi connectivity index (χ1) is 27.9. The highest BCUT2D eigenvalue weighted by atomic mass is 32.1. The molecule has 1 amide bonds. The number of aliphatic carboxylic acids is 1. The van der Waals surface area contributed by atoms with Crippen molar-refractivity contribution < 1.29 is 29.3 Å². The lowest BCUT2D eigenvalue weighted by molar-refractivity contribution is -0.148. The molecule has 1 saturated heterocycles. The predicted molar refractivity (Wildman–Crippen MR) is 224 cm³/mol. The van der Waals surface area contributed by atoms with Gasteiger partial charge in [0, 0.05) is 72.4 Å². The van der Waals surface area contributed by atoms with E-state index in [1.165, 1.54) is 0 Å². The molecule has 0 bridgehead atoms. The summed E-state index contributed by atoms with van der Waals surface area (Å²) in [5.74, 6) is -0.0711. The molecular weight excluding hydrogens is 753 g/mol. The molecule has 5 aromatic rings. The van der Waals surface area contributed by atoms with Crippen molar-refractivity contribution >= 4 is 34.1 Å². The summed E-state index contributed by atoms with van der Waals surface area (Å²) in [6.07, 6.45) is 4.60. The highest BCUT2D eigenvalue weighted by Crippen LogP contribution is 2.54. The number of hydrogen-bond donors (Lipinski definition) is 4. The smallest absolute Gasteiger partial charge is 0.322 e. The number of aliphatic hydroxyl groups is 1. The lowest BCUT2D eigenvalue weighted by Gasteiger charge is -2.36. The van der Waals surface area contributed by atoms with Gasteiger partial charge in [0.1, 0.15) is 22.8 Å². The molecule has 13 heteroatoms. The number of thiazole rings is 1. The number of aliphatic hydroxyl groups excluding tert-OH is 1. The highest BCUT2D eigenvalue weighted by Gasteiger charge is 2.59. The number of pyridine rings is 1. The molecule has 12 nitrogen and oxygen atoms in total. The van der Waals surface area contributed by atoms with Crippen LogP contribution in [-0.4, -0.2) is 81.1 Å². The van der Waals surface area contributed by atoms with Crippen LogP contribution in [0.25, 0.3) is 33.4 Å². The Balaban J connectivity index is 1.17. The van der Waals surface area contributed by atoms with Crippen LogP contribution in [0.1, 0.15) is 74.9 Å². The average molecular weight is 807 g/mol. The number of hydrogen-bond acceptors (Lipinski definition) is 10. The van der Waals surface area contributed by atoms with Crippen molar-refractivity contribution in [1.82, 2.24) is 30.3 Å². The number of nitrogens with one attached hydrogen (secondary N) is 2. The Kier molecular flexibility index (Phi) is 11.0. The third-order valence-electron chi connectivity index (χ3n) is 12.5. The molecule has 0 radical (unpaired) electrons. The number of ether oxygens (including phenoxy) is 2. The molecule has 4 N–H and O–H groups in total. The van der Waals surface area contributed by atoms with Crippen molar-refractivity contribution in [3.8, 4) is 28.3 Å². The molecule has 4 heterocycles. The van der Waals surface area contributed by atoms with E-state index in [-0.39, 0.29) is 35.9 Å². The van der Waals surface area contributed by atoms with Crippen molar-refractivity contribution in [1.29, 1.82) is 0 Å². The van der Waals surface area contributed by atoms with Crippen molar-refractivity contribution in [3.05, 3.63) is 88.0 Å². The maximum absolute atomic E-state index is 14.6. The van der Waals surface area contributed by atoms with Crippen LogP contribution in [0.5, 0.6) is 5.75 Å². The first kappa shape index (κ1) is 40.1. The summed E-state index contributed by atoms with van der Waals surface area (Å²) in [4.78, 5) is 36.8. The van der Waals surface area contributed by atoms with Gasteiger partial charge in [-0.3, -0.25) is 19.6 Å². The molecule has 0 spiro atoms. The van der Waals surface area contributed by atoms with E-state index in [9.17, 15) is 19.8 Å². The fraction of sp³-hybridized carbons (Fsp3) is 0.467. The third-order valence-corrected chi connectivity index (χ3v) is 13.6. The van der Waals surface area contributed by atoms with E-state index in [2.05, 4.69) is 65.7 Å². The summed E-state index contributed by atoms with van der Waals surface area (Å²) in [5.41, 5.74) is 10.2. The Bertz CT molecular complexity index is 2320. The number of aromatic nitrogens is 3. The van der Waals surface area contributed by atoms with Crippen LogP contribution in [0, 0.1) is 17.3 Å². The zero-order valence-corrected chi connectivity index (χ0v) is 34.9. The number of carboxylic acid groups (broad SMARTS) is 1. The zero-order chi connectivity index (χ0) is 40.9. The lowest BCUT2D eigenvalue weighted by Crippen LogP contribution is -2.62. The number of amides is 1. The lowest BCUT2D eigenvalue weighted by atomic mass is 9.84. The highest BCUT2D eigenvalue weighted by molar-refractivity contribution is 7.10. The molecule has 58 heavy (non-hydrogen) atoms. The van der Waals surface area contributed by atoms with E-state index in [1.54, 1.807) is 36.8 Å². The standard InChI is InChI=1S/C45H54N6O6S/c1-7-50-36-15-12-28(19-33(36)34(21-44(3,4)25-52)39(50)31-9-8-18-46-37(31)26(2)56-5)35-24-58-43(48-35)45(16-17-45)40(47-22-27-10-13-30(57-6)14-11-27)41(53)51-23-29-20-32(29)38(49-51)42(54)55/h8-15,18-19,24,26,29,32,38,40,47,49,52H,7,16-17,20-23,25H2,1-6H3,(H,54,55)/t26-,29?,32?,38-,40?/m0/s1. The predicted octanol–water partition coefficient (Wildman–Crippen LogP) is 6.75. The monoisotopic (exact) mass is 806 g/mol. The van der Waals surface area contributed by atoms with Crippen LogP contribution in [0.15, 0.2) is 66.2 Å². The molecule has 3 fully saturated rings. The van der Waals surface area contributed by atoms with Gasteiger partial charge in [-0.15, -0.1) is 11.3 Å². The molecular formula is C45H54N6O6S. The number of carbonyl (C=O) groups excluding carboxylic acids is 1. The number of hydrazine groups is 1. The van der Waals surface area contributed by atoms with Crippen LogP contribution >= 0.6 is 11.3 Å². The Hall–Kier alpha value is -4.66. The quantitative estimate of drug-likeness (QED) is 0.0844. The Morgan fingerprint density at radius 1 is 1.14 bits per heavy atom. The van der Waals surface area contributed by atoms with Gasteiger partial charge < -0.3 is 29.6 Å². The number of rotatable bonds is 16. The van der Waals surface area contributed by atoms with Gasteiger partial charge in [0.15, 0.2) is 0 Å². The first-order valence-corrected chi connectivity index (χ1v) is 21.2. The van der Waals surface area contributed by atoms with Crippen LogP contribution in [0.3, 0.4) is 0 Å². The maximum Gasteiger partial charge on any atom is 0.322 e. The largest absolute Gasteiger partial charge is 0.497 e. The Labute approximate surface area is 343 Å². The average Bonchev–Trinajstić information content (AvgIpc) is 4.14. The molecule has 5 atom stereocenters. The number of methoxy groups -OCH3 is 2. The molecule has 2 aliphatic carbocycles. The summed E-state index contributed by atoms with van der Waals surface area (Å²) in [7, 11) is 3.33. The van der Waals surface area contributed by atoms with E-state index in [1.807, 2.05) is 37.3 Å². The van der Waals surface area contributed by atoms with Crippen LogP contribution < -0.4 is 15.5 Å². The topological polar surface area (TPSA) is 151 Å². The van der Waals surface area contributed by atoms with E-state index in [0.29, 0.717) is 19.5 Å². The molecule has 3 aromatic heterocycles. The fourth-order valence-corrected chi connectivity index (χ4v) is 9.97. The van der Waals surface area contributed by atoms with Gasteiger partial charge in [0.05, 0.1) is 30.3 Å². The molecule has 2 aromatic carbocycles. The van der Waals surface area contributed by atoms with Crippen LogP contribution in [0.4, 0.5) is 0 Å². The van der Waals surface area contributed by atoms with Crippen molar-refractivity contribution in [3.63, 3.8) is 0 Å². The number of benzene rings is 2. The molecule has 1 aliphatic heterocycles. The normalized spacial score (nSPS) is 20.7. The van der Waals surface area contributed by atoms with Gasteiger partial charge in [-0.25, -0.2) is 10.4 Å². The summed E-state index contributed by atoms with van der Waals surface area (Å²) < 4.78 is 13.5. The molecule has 8 rings (SSSR count). The van der Waals surface area contributed by atoms with Gasteiger partial charge in [0.2, 0.25) is 0 Å². The summed E-state index contributed by atoms with van der Waals surface area (Å²) in [5, 5.41) is 29.7. The first-order valence-electron chi connectivity index (χ1n) is 20.3. The van der Waals surface area contributed by atoms with Crippen molar-refractivity contribution in [2.75, 3.05) is 27.4 Å². The maximum atomic E-state index is 14.6. The number of carboxylic acids is 1. The number of carbonyl (C=O) groups is 2. The van der Waals surface area contributed by atoms with Crippen LogP contribution in [-0.2, 0) is 39.3 Å². The third kappa shape index (κ3) is 7.43. The molecule has 2 saturated carbocycles. The van der Waals surface area contributed by atoms with Gasteiger partial charge in [-0.1, -0.05) is 32.0 Å². The van der Waals surface area contributed by atoms with Gasteiger partial charge in [0.25, 0.3) is 5.91 Å². The Morgan fingerprint density at radius 3 is 2.59 bits per heavy atom. The minimum atomic E-state index is -0.926. The van der Waals surface area contributed by atoms with E-state index in [4.69, 9.17) is 19.4 Å².